The summed E-state index contributed by atoms with van der Waals surface area (Å²) in [6, 6.07) is 13.4. The van der Waals surface area contributed by atoms with Crippen LogP contribution in [-0.2, 0) is 29.0 Å². The molecule has 0 aliphatic heterocycles. The van der Waals surface area contributed by atoms with Crippen LogP contribution in [0.1, 0.15) is 29.2 Å². The Morgan fingerprint density at radius 1 is 1.14 bits per heavy atom. The highest BCUT2D eigenvalue weighted by Gasteiger charge is 2.12. The predicted octanol–water partition coefficient (Wildman–Crippen LogP) is 3.55. The van der Waals surface area contributed by atoms with Crippen LogP contribution in [0.15, 0.2) is 42.5 Å². The van der Waals surface area contributed by atoms with E-state index >= 15 is 0 Å². The molecule has 0 radical (unpaired) electrons. The third kappa shape index (κ3) is 4.09. The molecule has 0 bridgehead atoms. The van der Waals surface area contributed by atoms with Crippen LogP contribution >= 0.6 is 0 Å². The van der Waals surface area contributed by atoms with Crippen LogP contribution in [0.5, 0.6) is 5.75 Å². The average molecular weight is 284 g/mol. The minimum absolute atomic E-state index is 0.0906. The zero-order valence-electron chi connectivity index (χ0n) is 12.4. The predicted molar refractivity (Wildman–Crippen MR) is 82.2 cm³/mol. The molecule has 1 N–H and O–H groups in total. The third-order valence-electron chi connectivity index (χ3n) is 3.42. The lowest BCUT2D eigenvalue weighted by molar-refractivity contribution is -0.144. The Balaban J connectivity index is 2.01. The van der Waals surface area contributed by atoms with Crippen molar-refractivity contribution in [1.82, 2.24) is 0 Å². The number of esters is 1. The van der Waals surface area contributed by atoms with E-state index in [-0.39, 0.29) is 24.7 Å². The van der Waals surface area contributed by atoms with Gasteiger partial charge >= 0.3 is 5.97 Å². The van der Waals surface area contributed by atoms with Crippen LogP contribution in [0.3, 0.4) is 0 Å². The second-order valence-electron chi connectivity index (χ2n) is 5.10. The maximum absolute atomic E-state index is 11.9. The number of carbonyl (C=O) groups excluding carboxylic acids is 1. The first-order valence-corrected chi connectivity index (χ1v) is 7.11. The monoisotopic (exact) mass is 284 g/mol. The van der Waals surface area contributed by atoms with Crippen LogP contribution in [0, 0.1) is 6.92 Å². The Morgan fingerprint density at radius 3 is 2.52 bits per heavy atom. The molecule has 0 unspecified atom stereocenters. The van der Waals surface area contributed by atoms with E-state index < -0.39 is 0 Å². The van der Waals surface area contributed by atoms with E-state index in [1.807, 2.05) is 56.3 Å². The smallest absolute Gasteiger partial charge is 0.310 e. The molecule has 0 saturated heterocycles. The largest absolute Gasteiger partial charge is 0.507 e. The van der Waals surface area contributed by atoms with Crippen molar-refractivity contribution in [2.45, 2.75) is 33.3 Å². The molecule has 2 rings (SSSR count). The zero-order valence-corrected chi connectivity index (χ0v) is 12.4. The van der Waals surface area contributed by atoms with Gasteiger partial charge in [0.2, 0.25) is 0 Å². The van der Waals surface area contributed by atoms with E-state index in [9.17, 15) is 9.90 Å². The lowest BCUT2D eigenvalue weighted by Gasteiger charge is -2.10. The van der Waals surface area contributed by atoms with Crippen LogP contribution in [-0.4, -0.2) is 11.1 Å². The Labute approximate surface area is 125 Å². The van der Waals surface area contributed by atoms with Gasteiger partial charge in [0.25, 0.3) is 0 Å². The van der Waals surface area contributed by atoms with Crippen molar-refractivity contribution >= 4 is 5.97 Å². The van der Waals surface area contributed by atoms with Gasteiger partial charge in [-0.2, -0.15) is 0 Å². The number of ether oxygens (including phenoxy) is 1. The van der Waals surface area contributed by atoms with Crippen molar-refractivity contribution in [3.05, 3.63) is 64.7 Å². The van der Waals surface area contributed by atoms with E-state index in [1.54, 1.807) is 0 Å². The lowest BCUT2D eigenvalue weighted by atomic mass is 10.0. The summed E-state index contributed by atoms with van der Waals surface area (Å²) >= 11 is 0. The molecular weight excluding hydrogens is 264 g/mol. The molecule has 3 nitrogen and oxygen atoms in total. The summed E-state index contributed by atoms with van der Waals surface area (Å²) in [4.78, 5) is 11.9. The maximum atomic E-state index is 11.9. The van der Waals surface area contributed by atoms with E-state index in [4.69, 9.17) is 4.74 Å². The number of benzene rings is 2. The van der Waals surface area contributed by atoms with E-state index in [0.717, 1.165) is 23.1 Å². The summed E-state index contributed by atoms with van der Waals surface area (Å²) in [5.74, 6) is -0.148. The zero-order chi connectivity index (χ0) is 15.2. The summed E-state index contributed by atoms with van der Waals surface area (Å²) in [6.45, 7) is 4.14. The molecule has 0 atom stereocenters. The molecule has 3 heteroatoms. The first-order valence-electron chi connectivity index (χ1n) is 7.11. The SMILES string of the molecule is CCc1cc(C)c(O)c(CC(=O)OCc2ccccc2)c1. The number of hydrogen-bond donors (Lipinski definition) is 1. The van der Waals surface area contributed by atoms with E-state index in [0.29, 0.717) is 5.56 Å². The van der Waals surface area contributed by atoms with Gasteiger partial charge in [0.05, 0.1) is 6.42 Å². The van der Waals surface area contributed by atoms with Crippen LogP contribution in [0.2, 0.25) is 0 Å². The molecule has 0 amide bonds. The summed E-state index contributed by atoms with van der Waals surface area (Å²) in [6.07, 6.45) is 0.959. The Hall–Kier alpha value is -2.29. The molecule has 0 aliphatic carbocycles. The van der Waals surface area contributed by atoms with Gasteiger partial charge in [-0.25, -0.2) is 0 Å². The highest BCUT2D eigenvalue weighted by Crippen LogP contribution is 2.25. The number of aromatic hydroxyl groups is 1. The summed E-state index contributed by atoms with van der Waals surface area (Å²) in [5, 5.41) is 10.0. The van der Waals surface area contributed by atoms with E-state index in [2.05, 4.69) is 0 Å². The Morgan fingerprint density at radius 2 is 1.86 bits per heavy atom. The number of aryl methyl sites for hydroxylation is 2. The van der Waals surface area contributed by atoms with Gasteiger partial charge < -0.3 is 9.84 Å². The maximum Gasteiger partial charge on any atom is 0.310 e. The molecular formula is C18H20O3. The van der Waals surface area contributed by atoms with Crippen molar-refractivity contribution in [2.75, 3.05) is 0 Å². The van der Waals surface area contributed by atoms with Gasteiger partial charge in [0, 0.05) is 5.56 Å². The minimum atomic E-state index is -0.332. The van der Waals surface area contributed by atoms with Crippen molar-refractivity contribution in [1.29, 1.82) is 0 Å². The van der Waals surface area contributed by atoms with Crippen LogP contribution < -0.4 is 0 Å². The molecule has 0 saturated carbocycles. The van der Waals surface area contributed by atoms with E-state index in [1.165, 1.54) is 0 Å². The van der Waals surface area contributed by atoms with Gasteiger partial charge in [-0.15, -0.1) is 0 Å². The molecule has 0 heterocycles. The first-order chi connectivity index (χ1) is 10.1. The van der Waals surface area contributed by atoms with Gasteiger partial charge in [-0.3, -0.25) is 4.79 Å². The number of hydrogen-bond acceptors (Lipinski definition) is 3. The number of phenols is 1. The van der Waals surface area contributed by atoms with Gasteiger partial charge in [0.1, 0.15) is 12.4 Å². The first kappa shape index (κ1) is 15.1. The Bertz CT molecular complexity index is 618. The van der Waals surface area contributed by atoms with Crippen LogP contribution in [0.25, 0.3) is 0 Å². The number of phenolic OH excluding ortho intramolecular Hbond substituents is 1. The molecule has 0 aromatic heterocycles. The molecule has 0 spiro atoms. The van der Waals surface area contributed by atoms with Crippen molar-refractivity contribution in [3.8, 4) is 5.75 Å². The Kier molecular flexibility index (Phi) is 4.99. The normalized spacial score (nSPS) is 10.4. The quantitative estimate of drug-likeness (QED) is 0.854. The molecule has 21 heavy (non-hydrogen) atoms. The average Bonchev–Trinajstić information content (AvgIpc) is 2.50. The lowest BCUT2D eigenvalue weighted by Crippen LogP contribution is -2.08. The van der Waals surface area contributed by atoms with Gasteiger partial charge in [0.15, 0.2) is 0 Å². The topological polar surface area (TPSA) is 46.5 Å². The molecule has 2 aromatic rings. The summed E-state index contributed by atoms with van der Waals surface area (Å²) in [7, 11) is 0. The van der Waals surface area contributed by atoms with Gasteiger partial charge in [-0.05, 0) is 30.0 Å². The fraction of sp³-hybridized carbons (Fsp3) is 0.278. The molecule has 0 fully saturated rings. The molecule has 110 valence electrons. The van der Waals surface area contributed by atoms with Crippen molar-refractivity contribution in [3.63, 3.8) is 0 Å². The van der Waals surface area contributed by atoms with Crippen LogP contribution in [0.4, 0.5) is 0 Å². The van der Waals surface area contributed by atoms with Crippen molar-refractivity contribution < 1.29 is 14.6 Å². The number of rotatable bonds is 5. The third-order valence-corrected chi connectivity index (χ3v) is 3.42. The summed E-state index contributed by atoms with van der Waals surface area (Å²) < 4.78 is 5.25. The highest BCUT2D eigenvalue weighted by atomic mass is 16.5. The molecule has 2 aromatic carbocycles. The summed E-state index contributed by atoms with van der Waals surface area (Å²) in [5.41, 5.74) is 3.48. The van der Waals surface area contributed by atoms with Gasteiger partial charge in [-0.1, -0.05) is 49.4 Å². The second kappa shape index (κ2) is 6.93. The minimum Gasteiger partial charge on any atom is -0.507 e. The standard InChI is InChI=1S/C18H20O3/c1-3-14-9-13(2)18(20)16(10-14)11-17(19)21-12-15-7-5-4-6-8-15/h4-10,20H,3,11-12H2,1-2H3. The fourth-order valence-electron chi connectivity index (χ4n) is 2.22. The number of carbonyl (C=O) groups is 1. The fourth-order valence-corrected chi connectivity index (χ4v) is 2.22. The second-order valence-corrected chi connectivity index (χ2v) is 5.10. The molecule has 0 aliphatic rings. The van der Waals surface area contributed by atoms with Crippen molar-refractivity contribution in [2.24, 2.45) is 0 Å². The highest BCUT2D eigenvalue weighted by molar-refractivity contribution is 5.74.